The van der Waals surface area contributed by atoms with Gasteiger partial charge in [0.05, 0.1) is 22.6 Å². The maximum atomic E-state index is 12.7. The van der Waals surface area contributed by atoms with Crippen molar-refractivity contribution in [2.45, 2.75) is 12.6 Å². The highest BCUT2D eigenvalue weighted by Crippen LogP contribution is 2.32. The Hall–Kier alpha value is -2.17. The molecule has 0 heterocycles. The highest BCUT2D eigenvalue weighted by Gasteiger charge is 2.31. The normalized spacial score (nSPS) is 11.2. The first-order valence-corrected chi connectivity index (χ1v) is 7.65. The van der Waals surface area contributed by atoms with E-state index in [1.807, 2.05) is 0 Å². The third-order valence-electron chi connectivity index (χ3n) is 3.11. The minimum absolute atomic E-state index is 0.00834. The number of carbonyl (C=O) groups excluding carboxylic acids is 1. The van der Waals surface area contributed by atoms with E-state index in [2.05, 4.69) is 5.32 Å². The van der Waals surface area contributed by atoms with Crippen LogP contribution >= 0.6 is 22.6 Å². The second-order valence-corrected chi connectivity index (χ2v) is 5.97. The fourth-order valence-electron chi connectivity index (χ4n) is 2.00. The first-order valence-electron chi connectivity index (χ1n) is 6.57. The molecular weight excluding hydrogens is 440 g/mol. The van der Waals surface area contributed by atoms with Crippen molar-refractivity contribution in [2.24, 2.45) is 0 Å². The Bertz CT molecular complexity index is 794. The summed E-state index contributed by atoms with van der Waals surface area (Å²) in [4.78, 5) is 22.4. The number of amides is 1. The molecule has 2 aromatic carbocycles. The maximum absolute atomic E-state index is 12.7. The molecule has 0 saturated heterocycles. The van der Waals surface area contributed by atoms with Crippen LogP contribution in [0.25, 0.3) is 0 Å². The van der Waals surface area contributed by atoms with Gasteiger partial charge in [-0.1, -0.05) is 18.2 Å². The number of nitrogens with one attached hydrogen (secondary N) is 1. The molecule has 5 nitrogen and oxygen atoms in total. The average molecular weight is 450 g/mol. The first-order chi connectivity index (χ1) is 11.2. The van der Waals surface area contributed by atoms with Gasteiger partial charge in [-0.15, -0.1) is 0 Å². The maximum Gasteiger partial charge on any atom is 0.416 e. The molecule has 0 bridgehead atoms. The molecule has 1 amide bonds. The predicted molar refractivity (Wildman–Crippen MR) is 89.6 cm³/mol. The smallest absolute Gasteiger partial charge is 0.325 e. The van der Waals surface area contributed by atoms with E-state index in [-0.39, 0.29) is 23.4 Å². The molecular formula is C15H10F3IN2O3. The van der Waals surface area contributed by atoms with Gasteiger partial charge in [0.15, 0.2) is 0 Å². The van der Waals surface area contributed by atoms with Crippen LogP contribution in [0.4, 0.5) is 24.5 Å². The van der Waals surface area contributed by atoms with Crippen LogP contribution in [-0.4, -0.2) is 10.8 Å². The largest absolute Gasteiger partial charge is 0.416 e. The molecule has 0 spiro atoms. The molecule has 0 fully saturated rings. The first kappa shape index (κ1) is 18.2. The van der Waals surface area contributed by atoms with Gasteiger partial charge in [-0.2, -0.15) is 13.2 Å². The molecule has 0 aliphatic heterocycles. The highest BCUT2D eigenvalue weighted by atomic mass is 127. The van der Waals surface area contributed by atoms with E-state index >= 15 is 0 Å². The van der Waals surface area contributed by atoms with Gasteiger partial charge in [0, 0.05) is 15.2 Å². The summed E-state index contributed by atoms with van der Waals surface area (Å²) in [5.74, 6) is -0.637. The van der Waals surface area contributed by atoms with E-state index in [4.69, 9.17) is 0 Å². The van der Waals surface area contributed by atoms with Crippen LogP contribution in [0.1, 0.15) is 11.1 Å². The number of alkyl halides is 3. The minimum Gasteiger partial charge on any atom is -0.325 e. The van der Waals surface area contributed by atoms with Gasteiger partial charge in [-0.3, -0.25) is 14.9 Å². The van der Waals surface area contributed by atoms with Crippen molar-refractivity contribution in [3.63, 3.8) is 0 Å². The number of para-hydroxylation sites is 1. The molecule has 0 aliphatic carbocycles. The van der Waals surface area contributed by atoms with Crippen molar-refractivity contribution in [3.8, 4) is 0 Å². The third kappa shape index (κ3) is 4.43. The summed E-state index contributed by atoms with van der Waals surface area (Å²) in [6.07, 6.45) is -4.84. The number of hydrogen-bond acceptors (Lipinski definition) is 3. The van der Waals surface area contributed by atoms with E-state index in [0.717, 1.165) is 12.1 Å². The summed E-state index contributed by atoms with van der Waals surface area (Å²) in [6, 6.07) is 8.69. The predicted octanol–water partition coefficient (Wildman–Crippen LogP) is 4.40. The second kappa shape index (κ2) is 7.16. The van der Waals surface area contributed by atoms with Crippen molar-refractivity contribution in [3.05, 3.63) is 67.3 Å². The van der Waals surface area contributed by atoms with E-state index in [1.165, 1.54) is 24.3 Å². The van der Waals surface area contributed by atoms with E-state index in [9.17, 15) is 28.1 Å². The Balaban J connectivity index is 2.21. The van der Waals surface area contributed by atoms with Crippen molar-refractivity contribution in [2.75, 3.05) is 5.32 Å². The zero-order valence-corrected chi connectivity index (χ0v) is 14.1. The Labute approximate surface area is 148 Å². The van der Waals surface area contributed by atoms with Gasteiger partial charge in [-0.25, -0.2) is 0 Å². The fourth-order valence-corrected chi connectivity index (χ4v) is 2.47. The molecule has 0 atom stereocenters. The van der Waals surface area contributed by atoms with Crippen molar-refractivity contribution < 1.29 is 22.9 Å². The van der Waals surface area contributed by atoms with Crippen LogP contribution < -0.4 is 5.32 Å². The molecule has 9 heteroatoms. The molecule has 126 valence electrons. The molecule has 1 N–H and O–H groups in total. The lowest BCUT2D eigenvalue weighted by molar-refractivity contribution is -0.385. The summed E-state index contributed by atoms with van der Waals surface area (Å²) in [5.41, 5.74) is -0.911. The third-order valence-corrected chi connectivity index (χ3v) is 4.05. The lowest BCUT2D eigenvalue weighted by atomic mass is 10.1. The number of hydrogen-bond donors (Lipinski definition) is 1. The molecule has 2 aromatic rings. The summed E-state index contributed by atoms with van der Waals surface area (Å²) < 4.78 is 38.6. The Morgan fingerprint density at radius 2 is 1.88 bits per heavy atom. The Morgan fingerprint density at radius 3 is 2.50 bits per heavy atom. The number of nitrogens with zero attached hydrogens (tertiary/aromatic N) is 1. The average Bonchev–Trinajstić information content (AvgIpc) is 2.48. The molecule has 0 unspecified atom stereocenters. The summed E-state index contributed by atoms with van der Waals surface area (Å²) >= 11 is 1.80. The fraction of sp³-hybridized carbons (Fsp3) is 0.133. The summed E-state index contributed by atoms with van der Waals surface area (Å²) in [7, 11) is 0. The van der Waals surface area contributed by atoms with Crippen LogP contribution in [0.3, 0.4) is 0 Å². The van der Waals surface area contributed by atoms with Gasteiger partial charge in [0.25, 0.3) is 5.69 Å². The number of carbonyl (C=O) groups is 1. The number of rotatable bonds is 4. The number of nitro benzene ring substituents is 1. The van der Waals surface area contributed by atoms with Gasteiger partial charge in [0.1, 0.15) is 0 Å². The van der Waals surface area contributed by atoms with Crippen molar-refractivity contribution in [1.29, 1.82) is 0 Å². The molecule has 0 radical (unpaired) electrons. The van der Waals surface area contributed by atoms with Gasteiger partial charge in [-0.05, 0) is 40.8 Å². The Morgan fingerprint density at radius 1 is 1.21 bits per heavy atom. The molecule has 24 heavy (non-hydrogen) atoms. The zero-order chi connectivity index (χ0) is 17.9. The molecule has 0 saturated carbocycles. The summed E-state index contributed by atoms with van der Waals surface area (Å²) in [5, 5.41) is 13.3. The number of halogens is 4. The van der Waals surface area contributed by atoms with E-state index < -0.39 is 22.6 Å². The molecule has 2 rings (SSSR count). The van der Waals surface area contributed by atoms with Gasteiger partial charge in [0.2, 0.25) is 5.91 Å². The van der Waals surface area contributed by atoms with Gasteiger partial charge >= 0.3 is 6.18 Å². The van der Waals surface area contributed by atoms with Crippen LogP contribution in [0.2, 0.25) is 0 Å². The topological polar surface area (TPSA) is 72.2 Å². The molecule has 0 aliphatic rings. The lowest BCUT2D eigenvalue weighted by Gasteiger charge is -2.12. The second-order valence-electron chi connectivity index (χ2n) is 4.80. The lowest BCUT2D eigenvalue weighted by Crippen LogP contribution is -2.17. The van der Waals surface area contributed by atoms with Crippen LogP contribution in [0.15, 0.2) is 42.5 Å². The van der Waals surface area contributed by atoms with Crippen LogP contribution in [0.5, 0.6) is 0 Å². The van der Waals surface area contributed by atoms with Gasteiger partial charge < -0.3 is 5.32 Å². The minimum atomic E-state index is -4.53. The zero-order valence-electron chi connectivity index (χ0n) is 11.9. The Kier molecular flexibility index (Phi) is 5.42. The monoisotopic (exact) mass is 450 g/mol. The number of anilines is 1. The number of benzene rings is 2. The van der Waals surface area contributed by atoms with Crippen LogP contribution in [0, 0.1) is 13.7 Å². The number of nitro groups is 1. The van der Waals surface area contributed by atoms with E-state index in [1.54, 1.807) is 28.7 Å². The highest BCUT2D eigenvalue weighted by molar-refractivity contribution is 14.1. The van der Waals surface area contributed by atoms with Crippen molar-refractivity contribution >= 4 is 39.9 Å². The summed E-state index contributed by atoms with van der Waals surface area (Å²) in [6.45, 7) is 0. The molecule has 0 aromatic heterocycles. The SMILES string of the molecule is O=C(Cc1ccccc1[N+](=O)[O-])Nc1cc(C(F)(F)F)ccc1I. The van der Waals surface area contributed by atoms with Crippen LogP contribution in [-0.2, 0) is 17.4 Å². The van der Waals surface area contributed by atoms with Crippen molar-refractivity contribution in [1.82, 2.24) is 0 Å². The van der Waals surface area contributed by atoms with E-state index in [0.29, 0.717) is 3.57 Å². The standard InChI is InChI=1S/C15H10F3IN2O3/c16-15(17,18)10-5-6-11(19)12(8-10)20-14(22)7-9-3-1-2-4-13(9)21(23)24/h1-6,8H,7H2,(H,20,22). The quantitative estimate of drug-likeness (QED) is 0.427.